The summed E-state index contributed by atoms with van der Waals surface area (Å²) >= 11 is 0. The van der Waals surface area contributed by atoms with Gasteiger partial charge in [-0.05, 0) is 34.7 Å². The Labute approximate surface area is 92.6 Å². The molecule has 0 saturated carbocycles. The third-order valence-electron chi connectivity index (χ3n) is 2.57. The average Bonchev–Trinajstić information content (AvgIpc) is 1.99. The van der Waals surface area contributed by atoms with E-state index in [0.29, 0.717) is 6.04 Å². The van der Waals surface area contributed by atoms with E-state index in [1.807, 2.05) is 25.7 Å². The summed E-state index contributed by atoms with van der Waals surface area (Å²) in [6, 6.07) is 0.356. The quantitative estimate of drug-likeness (QED) is 0.655. The second-order valence-electron chi connectivity index (χ2n) is 5.48. The molecule has 0 aromatic carbocycles. The molecule has 0 bridgehead atoms. The number of hydrogen-bond donors (Lipinski definition) is 1. The van der Waals surface area contributed by atoms with E-state index in [-0.39, 0.29) is 11.6 Å². The highest BCUT2D eigenvalue weighted by molar-refractivity contribution is 5.75. The summed E-state index contributed by atoms with van der Waals surface area (Å²) < 4.78 is 0. The third kappa shape index (κ3) is 3.70. The van der Waals surface area contributed by atoms with Crippen LogP contribution in [0.4, 0.5) is 4.79 Å². The van der Waals surface area contributed by atoms with Gasteiger partial charge < -0.3 is 15.1 Å². The van der Waals surface area contributed by atoms with Crippen molar-refractivity contribution in [2.45, 2.75) is 39.3 Å². The molecule has 1 heterocycles. The number of amides is 2. The molecular formula is C11H23N3O. The first-order chi connectivity index (χ1) is 6.79. The number of carbonyl (C=O) groups is 1. The zero-order valence-corrected chi connectivity index (χ0v) is 10.5. The summed E-state index contributed by atoms with van der Waals surface area (Å²) in [5, 5.41) is 3.00. The highest BCUT2D eigenvalue weighted by Gasteiger charge is 2.27. The molecule has 2 amide bonds. The van der Waals surface area contributed by atoms with Gasteiger partial charge in [0.05, 0.1) is 0 Å². The van der Waals surface area contributed by atoms with Crippen LogP contribution >= 0.6 is 0 Å². The molecule has 0 spiro atoms. The van der Waals surface area contributed by atoms with E-state index in [1.54, 1.807) is 0 Å². The summed E-state index contributed by atoms with van der Waals surface area (Å²) in [6.07, 6.45) is 0. The number of nitrogens with zero attached hydrogens (tertiary/aromatic N) is 2. The minimum absolute atomic E-state index is 0.0584. The zero-order valence-electron chi connectivity index (χ0n) is 10.5. The van der Waals surface area contributed by atoms with Crippen LogP contribution in [-0.4, -0.2) is 54.1 Å². The molecular weight excluding hydrogens is 190 g/mol. The molecule has 4 heteroatoms. The maximum atomic E-state index is 11.9. The Kier molecular flexibility index (Phi) is 3.60. The fourth-order valence-corrected chi connectivity index (χ4v) is 1.83. The van der Waals surface area contributed by atoms with E-state index in [2.05, 4.69) is 24.2 Å². The van der Waals surface area contributed by atoms with Crippen LogP contribution in [0, 0.1) is 0 Å². The highest BCUT2D eigenvalue weighted by atomic mass is 16.2. The molecule has 0 aliphatic carbocycles. The van der Waals surface area contributed by atoms with Gasteiger partial charge in [0.1, 0.15) is 0 Å². The van der Waals surface area contributed by atoms with Crippen LogP contribution in [0.1, 0.15) is 27.7 Å². The molecule has 1 saturated heterocycles. The van der Waals surface area contributed by atoms with Crippen molar-refractivity contribution >= 4 is 6.03 Å². The number of carbonyl (C=O) groups excluding carboxylic acids is 1. The normalized spacial score (nSPS) is 24.1. The molecule has 1 fully saturated rings. The van der Waals surface area contributed by atoms with Gasteiger partial charge in [0.25, 0.3) is 0 Å². The Morgan fingerprint density at radius 1 is 1.33 bits per heavy atom. The Morgan fingerprint density at radius 2 is 1.93 bits per heavy atom. The molecule has 4 nitrogen and oxygen atoms in total. The van der Waals surface area contributed by atoms with Crippen molar-refractivity contribution in [3.63, 3.8) is 0 Å². The Hall–Kier alpha value is -0.770. The molecule has 88 valence electrons. The lowest BCUT2D eigenvalue weighted by Gasteiger charge is -2.39. The van der Waals surface area contributed by atoms with E-state index in [4.69, 9.17) is 0 Å². The molecule has 15 heavy (non-hydrogen) atoms. The van der Waals surface area contributed by atoms with Crippen molar-refractivity contribution in [1.29, 1.82) is 0 Å². The van der Waals surface area contributed by atoms with Gasteiger partial charge in [-0.15, -0.1) is 0 Å². The second-order valence-corrected chi connectivity index (χ2v) is 5.48. The third-order valence-corrected chi connectivity index (χ3v) is 2.57. The number of likely N-dealkylation sites (N-methyl/N-ethyl adjacent to an activating group) is 1. The molecule has 1 aliphatic rings. The molecule has 0 aromatic heterocycles. The lowest BCUT2D eigenvalue weighted by atomic mass is 10.1. The van der Waals surface area contributed by atoms with Gasteiger partial charge in [-0.3, -0.25) is 0 Å². The van der Waals surface area contributed by atoms with Gasteiger partial charge >= 0.3 is 6.03 Å². The van der Waals surface area contributed by atoms with E-state index in [0.717, 1.165) is 19.6 Å². The van der Waals surface area contributed by atoms with Gasteiger partial charge in [-0.25, -0.2) is 4.79 Å². The van der Waals surface area contributed by atoms with Crippen molar-refractivity contribution in [2.24, 2.45) is 0 Å². The fraction of sp³-hybridized carbons (Fsp3) is 0.909. The molecule has 1 N–H and O–H groups in total. The highest BCUT2D eigenvalue weighted by Crippen LogP contribution is 2.09. The Bertz CT molecular complexity index is 234. The molecule has 0 aromatic rings. The Morgan fingerprint density at radius 3 is 2.40 bits per heavy atom. The lowest BCUT2D eigenvalue weighted by molar-refractivity contribution is 0.112. The van der Waals surface area contributed by atoms with Crippen molar-refractivity contribution in [2.75, 3.05) is 26.7 Å². The predicted molar refractivity (Wildman–Crippen MR) is 61.9 cm³/mol. The first-order valence-corrected chi connectivity index (χ1v) is 5.57. The molecule has 1 aliphatic heterocycles. The first kappa shape index (κ1) is 12.3. The fourth-order valence-electron chi connectivity index (χ4n) is 1.83. The second kappa shape index (κ2) is 4.39. The standard InChI is InChI=1S/C11H23N3O/c1-9-8-13(5)6-7-14(9)10(15)12-11(2,3)4/h9H,6-8H2,1-5H3,(H,12,15). The van der Waals surface area contributed by atoms with Gasteiger partial charge in [0.2, 0.25) is 0 Å². The topological polar surface area (TPSA) is 35.6 Å². The predicted octanol–water partition coefficient (Wildman–Crippen LogP) is 1.13. The number of nitrogens with one attached hydrogen (secondary N) is 1. The average molecular weight is 213 g/mol. The lowest BCUT2D eigenvalue weighted by Crippen LogP contribution is -2.58. The number of urea groups is 1. The smallest absolute Gasteiger partial charge is 0.318 e. The summed E-state index contributed by atoms with van der Waals surface area (Å²) in [5.41, 5.74) is -0.153. The molecule has 1 rings (SSSR count). The van der Waals surface area contributed by atoms with Crippen molar-refractivity contribution in [3.8, 4) is 0 Å². The van der Waals surface area contributed by atoms with Crippen molar-refractivity contribution in [1.82, 2.24) is 15.1 Å². The molecule has 1 unspecified atom stereocenters. The van der Waals surface area contributed by atoms with Gasteiger partial charge in [-0.1, -0.05) is 0 Å². The minimum atomic E-state index is -0.153. The monoisotopic (exact) mass is 213 g/mol. The van der Waals surface area contributed by atoms with Crippen LogP contribution in [0.5, 0.6) is 0 Å². The molecule has 0 radical (unpaired) electrons. The van der Waals surface area contributed by atoms with E-state index >= 15 is 0 Å². The van der Waals surface area contributed by atoms with Crippen LogP contribution in [0.3, 0.4) is 0 Å². The summed E-state index contributed by atoms with van der Waals surface area (Å²) in [6.45, 7) is 10.8. The van der Waals surface area contributed by atoms with Crippen molar-refractivity contribution in [3.05, 3.63) is 0 Å². The molecule has 1 atom stereocenters. The van der Waals surface area contributed by atoms with Gasteiger partial charge in [-0.2, -0.15) is 0 Å². The summed E-state index contributed by atoms with van der Waals surface area (Å²) in [4.78, 5) is 16.1. The Balaban J connectivity index is 2.53. The minimum Gasteiger partial charge on any atom is -0.333 e. The first-order valence-electron chi connectivity index (χ1n) is 5.57. The summed E-state index contributed by atoms with van der Waals surface area (Å²) in [7, 11) is 2.09. The van der Waals surface area contributed by atoms with Gasteiger partial charge in [0.15, 0.2) is 0 Å². The largest absolute Gasteiger partial charge is 0.333 e. The van der Waals surface area contributed by atoms with Crippen LogP contribution in [-0.2, 0) is 0 Å². The zero-order chi connectivity index (χ0) is 11.6. The maximum absolute atomic E-state index is 11.9. The van der Waals surface area contributed by atoms with Crippen LogP contribution in [0.25, 0.3) is 0 Å². The van der Waals surface area contributed by atoms with Crippen LogP contribution < -0.4 is 5.32 Å². The maximum Gasteiger partial charge on any atom is 0.318 e. The SMILES string of the molecule is CC1CN(C)CCN1C(=O)NC(C)(C)C. The number of piperazine rings is 1. The van der Waals surface area contributed by atoms with Gasteiger partial charge in [0, 0.05) is 31.2 Å². The van der Waals surface area contributed by atoms with E-state index in [1.165, 1.54) is 0 Å². The number of rotatable bonds is 0. The van der Waals surface area contributed by atoms with E-state index < -0.39 is 0 Å². The summed E-state index contributed by atoms with van der Waals surface area (Å²) in [5.74, 6) is 0. The van der Waals surface area contributed by atoms with Crippen LogP contribution in [0.2, 0.25) is 0 Å². The van der Waals surface area contributed by atoms with Crippen molar-refractivity contribution < 1.29 is 4.79 Å². The van der Waals surface area contributed by atoms with E-state index in [9.17, 15) is 4.79 Å². The number of hydrogen-bond acceptors (Lipinski definition) is 2. The van der Waals surface area contributed by atoms with Crippen LogP contribution in [0.15, 0.2) is 0 Å².